The standard InChI is InChI=1S/C9H5Cl2NO2/c1-14-9(13)7-3-6(10)2-5(4-12)8(7)11/h2-3H,1H3. The maximum Gasteiger partial charge on any atom is 0.339 e. The van der Waals surface area contributed by atoms with E-state index in [-0.39, 0.29) is 21.2 Å². The Bertz CT molecular complexity index is 424. The van der Waals surface area contributed by atoms with E-state index in [1.165, 1.54) is 19.2 Å². The lowest BCUT2D eigenvalue weighted by Crippen LogP contribution is -2.03. The summed E-state index contributed by atoms with van der Waals surface area (Å²) in [6.45, 7) is 0. The van der Waals surface area contributed by atoms with E-state index >= 15 is 0 Å². The fourth-order valence-corrected chi connectivity index (χ4v) is 1.38. The SMILES string of the molecule is COC(=O)c1cc(Cl)cc(C#N)c1Cl. The number of nitrogens with zero attached hydrogens (tertiary/aromatic N) is 1. The highest BCUT2D eigenvalue weighted by Gasteiger charge is 2.15. The van der Waals surface area contributed by atoms with Crippen LogP contribution in [0.15, 0.2) is 12.1 Å². The molecule has 1 rings (SSSR count). The first kappa shape index (κ1) is 10.8. The van der Waals surface area contributed by atoms with Crippen LogP contribution >= 0.6 is 23.2 Å². The number of hydrogen-bond donors (Lipinski definition) is 0. The normalized spacial score (nSPS) is 9.29. The van der Waals surface area contributed by atoms with Crippen LogP contribution in [0.1, 0.15) is 15.9 Å². The molecule has 0 bridgehead atoms. The molecule has 0 aliphatic carbocycles. The molecule has 0 N–H and O–H groups in total. The smallest absolute Gasteiger partial charge is 0.339 e. The zero-order valence-corrected chi connectivity index (χ0v) is 8.69. The first-order valence-corrected chi connectivity index (χ1v) is 4.33. The molecular formula is C9H5Cl2NO2. The summed E-state index contributed by atoms with van der Waals surface area (Å²) < 4.78 is 4.48. The Morgan fingerprint density at radius 1 is 1.50 bits per heavy atom. The Labute approximate surface area is 90.8 Å². The highest BCUT2D eigenvalue weighted by Crippen LogP contribution is 2.25. The molecule has 0 heterocycles. The second-order valence-corrected chi connectivity index (χ2v) is 3.23. The van der Waals surface area contributed by atoms with Gasteiger partial charge in [0.15, 0.2) is 0 Å². The maximum atomic E-state index is 11.2. The number of nitriles is 1. The number of halogens is 2. The number of methoxy groups -OCH3 is 1. The van der Waals surface area contributed by atoms with E-state index in [1.54, 1.807) is 0 Å². The minimum absolute atomic E-state index is 0.0590. The van der Waals surface area contributed by atoms with Crippen LogP contribution in [0.5, 0.6) is 0 Å². The van der Waals surface area contributed by atoms with E-state index < -0.39 is 5.97 Å². The summed E-state index contributed by atoms with van der Waals surface area (Å²) in [5, 5.41) is 9.01. The minimum Gasteiger partial charge on any atom is -0.465 e. The number of rotatable bonds is 1. The van der Waals surface area contributed by atoms with Crippen molar-refractivity contribution in [3.8, 4) is 6.07 Å². The first-order valence-electron chi connectivity index (χ1n) is 3.57. The van der Waals surface area contributed by atoms with E-state index in [2.05, 4.69) is 4.74 Å². The van der Waals surface area contributed by atoms with E-state index in [4.69, 9.17) is 28.5 Å². The average Bonchev–Trinajstić information content (AvgIpc) is 2.19. The van der Waals surface area contributed by atoms with Gasteiger partial charge in [0.2, 0.25) is 0 Å². The second-order valence-electron chi connectivity index (χ2n) is 2.42. The third-order valence-corrected chi connectivity index (χ3v) is 2.19. The molecule has 0 aliphatic rings. The molecule has 1 aromatic rings. The zero-order chi connectivity index (χ0) is 10.7. The average molecular weight is 230 g/mol. The van der Waals surface area contributed by atoms with E-state index in [1.807, 2.05) is 6.07 Å². The van der Waals surface area contributed by atoms with Crippen molar-refractivity contribution >= 4 is 29.2 Å². The van der Waals surface area contributed by atoms with Crippen LogP contribution < -0.4 is 0 Å². The quantitative estimate of drug-likeness (QED) is 0.696. The molecular weight excluding hydrogens is 225 g/mol. The highest BCUT2D eigenvalue weighted by atomic mass is 35.5. The van der Waals surface area contributed by atoms with Crippen molar-refractivity contribution in [2.45, 2.75) is 0 Å². The van der Waals surface area contributed by atoms with E-state index in [0.717, 1.165) is 0 Å². The summed E-state index contributed by atoms with van der Waals surface area (Å²) >= 11 is 11.5. The minimum atomic E-state index is -0.617. The zero-order valence-electron chi connectivity index (χ0n) is 7.17. The summed E-state index contributed by atoms with van der Waals surface area (Å²) in [5.74, 6) is -0.617. The predicted octanol–water partition coefficient (Wildman–Crippen LogP) is 2.65. The third kappa shape index (κ3) is 1.98. The Kier molecular flexibility index (Phi) is 3.34. The number of esters is 1. The molecule has 0 radical (unpaired) electrons. The van der Waals surface area contributed by atoms with Crippen molar-refractivity contribution in [1.82, 2.24) is 0 Å². The predicted molar refractivity (Wildman–Crippen MR) is 52.5 cm³/mol. The van der Waals surface area contributed by atoms with Gasteiger partial charge in [-0.1, -0.05) is 23.2 Å². The maximum absolute atomic E-state index is 11.2. The molecule has 0 amide bonds. The lowest BCUT2D eigenvalue weighted by atomic mass is 10.1. The van der Waals surface area contributed by atoms with Crippen molar-refractivity contribution in [2.24, 2.45) is 0 Å². The number of ether oxygens (including phenoxy) is 1. The lowest BCUT2D eigenvalue weighted by molar-refractivity contribution is 0.0601. The van der Waals surface area contributed by atoms with Gasteiger partial charge in [-0.3, -0.25) is 0 Å². The molecule has 1 aromatic carbocycles. The van der Waals surface area contributed by atoms with E-state index in [9.17, 15) is 4.79 Å². The molecule has 0 fully saturated rings. The Hall–Kier alpha value is -1.24. The molecule has 5 heteroatoms. The van der Waals surface area contributed by atoms with Crippen molar-refractivity contribution in [1.29, 1.82) is 5.26 Å². The second kappa shape index (κ2) is 4.32. The number of hydrogen-bond acceptors (Lipinski definition) is 3. The van der Waals surface area contributed by atoms with Crippen LogP contribution in [0.25, 0.3) is 0 Å². The van der Waals surface area contributed by atoms with Crippen LogP contribution in [0.2, 0.25) is 10.0 Å². The summed E-state index contributed by atoms with van der Waals surface area (Å²) in [4.78, 5) is 11.2. The van der Waals surface area contributed by atoms with E-state index in [0.29, 0.717) is 0 Å². The topological polar surface area (TPSA) is 50.1 Å². The van der Waals surface area contributed by atoms with Crippen molar-refractivity contribution in [2.75, 3.05) is 7.11 Å². The van der Waals surface area contributed by atoms with Crippen LogP contribution in [-0.4, -0.2) is 13.1 Å². The van der Waals surface area contributed by atoms with Gasteiger partial charge in [0.25, 0.3) is 0 Å². The van der Waals surface area contributed by atoms with Crippen LogP contribution in [0.4, 0.5) is 0 Å². The van der Waals surface area contributed by atoms with Crippen LogP contribution in [0.3, 0.4) is 0 Å². The monoisotopic (exact) mass is 229 g/mol. The summed E-state index contributed by atoms with van der Waals surface area (Å²) in [6, 6.07) is 4.57. The van der Waals surface area contributed by atoms with Crippen molar-refractivity contribution in [3.05, 3.63) is 33.3 Å². The number of carbonyl (C=O) groups excluding carboxylic acids is 1. The summed E-state index contributed by atoms with van der Waals surface area (Å²) in [5.41, 5.74) is 0.248. The van der Waals surface area contributed by atoms with Crippen LogP contribution in [0, 0.1) is 11.3 Å². The highest BCUT2D eigenvalue weighted by molar-refractivity contribution is 6.36. The van der Waals surface area contributed by atoms with Gasteiger partial charge in [-0.25, -0.2) is 4.79 Å². The molecule has 72 valence electrons. The van der Waals surface area contributed by atoms with Gasteiger partial charge in [-0.05, 0) is 12.1 Å². The molecule has 0 saturated heterocycles. The van der Waals surface area contributed by atoms with Gasteiger partial charge in [0.1, 0.15) is 6.07 Å². The van der Waals surface area contributed by atoms with Gasteiger partial charge in [-0.15, -0.1) is 0 Å². The lowest BCUT2D eigenvalue weighted by Gasteiger charge is -2.03. The summed E-state index contributed by atoms with van der Waals surface area (Å²) in [7, 11) is 1.23. The van der Waals surface area contributed by atoms with Crippen LogP contribution in [-0.2, 0) is 4.74 Å². The van der Waals surface area contributed by atoms with Gasteiger partial charge >= 0.3 is 5.97 Å². The largest absolute Gasteiger partial charge is 0.465 e. The number of carbonyl (C=O) groups is 1. The third-order valence-electron chi connectivity index (χ3n) is 1.56. The molecule has 0 aliphatic heterocycles. The Morgan fingerprint density at radius 2 is 2.14 bits per heavy atom. The van der Waals surface area contributed by atoms with Gasteiger partial charge in [0.05, 0.1) is 23.3 Å². The Morgan fingerprint density at radius 3 is 2.64 bits per heavy atom. The number of benzene rings is 1. The van der Waals surface area contributed by atoms with Gasteiger partial charge in [0, 0.05) is 5.02 Å². The fraction of sp³-hybridized carbons (Fsp3) is 0.111. The van der Waals surface area contributed by atoms with Crippen molar-refractivity contribution in [3.63, 3.8) is 0 Å². The van der Waals surface area contributed by atoms with Gasteiger partial charge in [-0.2, -0.15) is 5.26 Å². The van der Waals surface area contributed by atoms with Gasteiger partial charge < -0.3 is 4.74 Å². The molecule has 0 aromatic heterocycles. The molecule has 14 heavy (non-hydrogen) atoms. The molecule has 0 unspecified atom stereocenters. The first-order chi connectivity index (χ1) is 6.60. The van der Waals surface area contributed by atoms with Crippen molar-refractivity contribution < 1.29 is 9.53 Å². The molecule has 0 atom stereocenters. The summed E-state index contributed by atoms with van der Waals surface area (Å²) in [6.07, 6.45) is 0. The fourth-order valence-electron chi connectivity index (χ4n) is 0.929. The molecule has 0 spiro atoms. The molecule has 0 saturated carbocycles. The molecule has 3 nitrogen and oxygen atoms in total. The Balaban J connectivity index is 3.38.